The van der Waals surface area contributed by atoms with Gasteiger partial charge < -0.3 is 14.7 Å². The van der Waals surface area contributed by atoms with Crippen LogP contribution in [0.3, 0.4) is 0 Å². The number of hydrogen-bond donors (Lipinski definition) is 1. The molecule has 0 aromatic heterocycles. The van der Waals surface area contributed by atoms with Gasteiger partial charge in [-0.25, -0.2) is 4.79 Å². The highest BCUT2D eigenvalue weighted by atomic mass is 16.5. The van der Waals surface area contributed by atoms with Crippen LogP contribution in [0.2, 0.25) is 0 Å². The molecule has 98 valence electrons. The van der Waals surface area contributed by atoms with E-state index >= 15 is 0 Å². The zero-order valence-electron chi connectivity index (χ0n) is 10.8. The number of rotatable bonds is 4. The SMILES string of the molecule is CN(C)c1cccc(Oc2ccccc2C(=O)O)c1. The second kappa shape index (κ2) is 5.44. The molecule has 0 atom stereocenters. The normalized spacial score (nSPS) is 10.0. The molecule has 0 aliphatic rings. The third kappa shape index (κ3) is 3.04. The fourth-order valence-corrected chi connectivity index (χ4v) is 1.68. The molecule has 2 aromatic carbocycles. The minimum Gasteiger partial charge on any atom is -0.478 e. The van der Waals surface area contributed by atoms with E-state index in [2.05, 4.69) is 0 Å². The van der Waals surface area contributed by atoms with Crippen molar-refractivity contribution in [1.29, 1.82) is 0 Å². The maximum absolute atomic E-state index is 11.1. The largest absolute Gasteiger partial charge is 0.478 e. The van der Waals surface area contributed by atoms with Crippen LogP contribution in [0.25, 0.3) is 0 Å². The Morgan fingerprint density at radius 1 is 1.11 bits per heavy atom. The van der Waals surface area contributed by atoms with Gasteiger partial charge in [0.15, 0.2) is 0 Å². The van der Waals surface area contributed by atoms with Crippen LogP contribution in [0.15, 0.2) is 48.5 Å². The predicted octanol–water partition coefficient (Wildman–Crippen LogP) is 3.24. The number of aromatic carboxylic acids is 1. The smallest absolute Gasteiger partial charge is 0.339 e. The highest BCUT2D eigenvalue weighted by molar-refractivity contribution is 5.90. The summed E-state index contributed by atoms with van der Waals surface area (Å²) in [6.45, 7) is 0. The van der Waals surface area contributed by atoms with E-state index in [1.54, 1.807) is 24.3 Å². The summed E-state index contributed by atoms with van der Waals surface area (Å²) >= 11 is 0. The van der Waals surface area contributed by atoms with E-state index in [0.717, 1.165) is 5.69 Å². The number of para-hydroxylation sites is 1. The number of nitrogens with zero attached hydrogens (tertiary/aromatic N) is 1. The van der Waals surface area contributed by atoms with Crippen LogP contribution in [0, 0.1) is 0 Å². The van der Waals surface area contributed by atoms with Crippen molar-refractivity contribution in [2.45, 2.75) is 0 Å². The minimum absolute atomic E-state index is 0.151. The van der Waals surface area contributed by atoms with E-state index in [1.807, 2.05) is 37.2 Å². The molecule has 0 aliphatic heterocycles. The Hall–Kier alpha value is -2.49. The molecule has 0 radical (unpaired) electrons. The van der Waals surface area contributed by atoms with E-state index < -0.39 is 5.97 Å². The van der Waals surface area contributed by atoms with Crippen LogP contribution >= 0.6 is 0 Å². The van der Waals surface area contributed by atoms with Gasteiger partial charge in [0.2, 0.25) is 0 Å². The van der Waals surface area contributed by atoms with Gasteiger partial charge in [0, 0.05) is 25.8 Å². The van der Waals surface area contributed by atoms with Gasteiger partial charge in [-0.3, -0.25) is 0 Å². The molecule has 0 amide bonds. The Balaban J connectivity index is 2.31. The van der Waals surface area contributed by atoms with Crippen molar-refractivity contribution >= 4 is 11.7 Å². The molecule has 0 heterocycles. The maximum Gasteiger partial charge on any atom is 0.339 e. The monoisotopic (exact) mass is 257 g/mol. The van der Waals surface area contributed by atoms with Crippen molar-refractivity contribution in [3.8, 4) is 11.5 Å². The molecule has 0 bridgehead atoms. The molecule has 4 heteroatoms. The Morgan fingerprint density at radius 3 is 2.53 bits per heavy atom. The molecule has 2 aromatic rings. The second-order valence-electron chi connectivity index (χ2n) is 4.30. The summed E-state index contributed by atoms with van der Waals surface area (Å²) in [6.07, 6.45) is 0. The number of hydrogen-bond acceptors (Lipinski definition) is 3. The summed E-state index contributed by atoms with van der Waals surface area (Å²) < 4.78 is 5.65. The van der Waals surface area contributed by atoms with Crippen molar-refractivity contribution in [3.05, 3.63) is 54.1 Å². The molecule has 0 spiro atoms. The van der Waals surface area contributed by atoms with Crippen LogP contribution in [-0.4, -0.2) is 25.2 Å². The number of ether oxygens (including phenoxy) is 1. The molecule has 0 aliphatic carbocycles. The van der Waals surface area contributed by atoms with Gasteiger partial charge in [0.1, 0.15) is 17.1 Å². The fraction of sp³-hybridized carbons (Fsp3) is 0.133. The van der Waals surface area contributed by atoms with Crippen molar-refractivity contribution in [2.24, 2.45) is 0 Å². The van der Waals surface area contributed by atoms with Gasteiger partial charge in [0.25, 0.3) is 0 Å². The van der Waals surface area contributed by atoms with E-state index in [9.17, 15) is 4.79 Å². The lowest BCUT2D eigenvalue weighted by Gasteiger charge is -2.14. The topological polar surface area (TPSA) is 49.8 Å². The summed E-state index contributed by atoms with van der Waals surface area (Å²) in [5.74, 6) is -0.0508. The van der Waals surface area contributed by atoms with Crippen LogP contribution in [0.1, 0.15) is 10.4 Å². The van der Waals surface area contributed by atoms with Crippen molar-refractivity contribution in [1.82, 2.24) is 0 Å². The first-order chi connectivity index (χ1) is 9.08. The average Bonchev–Trinajstić information content (AvgIpc) is 2.39. The van der Waals surface area contributed by atoms with Crippen molar-refractivity contribution in [3.63, 3.8) is 0 Å². The predicted molar refractivity (Wildman–Crippen MR) is 74.2 cm³/mol. The maximum atomic E-state index is 11.1. The summed E-state index contributed by atoms with van der Waals surface area (Å²) in [4.78, 5) is 13.1. The second-order valence-corrected chi connectivity index (χ2v) is 4.30. The van der Waals surface area contributed by atoms with Crippen molar-refractivity contribution < 1.29 is 14.6 Å². The molecular weight excluding hydrogens is 242 g/mol. The molecule has 0 unspecified atom stereocenters. The Kier molecular flexibility index (Phi) is 3.71. The molecule has 0 saturated carbocycles. The van der Waals surface area contributed by atoms with Crippen LogP contribution in [0.5, 0.6) is 11.5 Å². The lowest BCUT2D eigenvalue weighted by molar-refractivity contribution is 0.0694. The van der Waals surface area contributed by atoms with Gasteiger partial charge in [-0.1, -0.05) is 18.2 Å². The number of benzene rings is 2. The summed E-state index contributed by atoms with van der Waals surface area (Å²) in [6, 6.07) is 14.1. The van der Waals surface area contributed by atoms with Crippen LogP contribution in [-0.2, 0) is 0 Å². The molecule has 0 fully saturated rings. The number of anilines is 1. The quantitative estimate of drug-likeness (QED) is 0.913. The van der Waals surface area contributed by atoms with Crippen molar-refractivity contribution in [2.75, 3.05) is 19.0 Å². The molecule has 4 nitrogen and oxygen atoms in total. The van der Waals surface area contributed by atoms with Crippen LogP contribution < -0.4 is 9.64 Å². The first kappa shape index (κ1) is 13.0. The Labute approximate surface area is 111 Å². The van der Waals surface area contributed by atoms with E-state index in [4.69, 9.17) is 9.84 Å². The van der Waals surface area contributed by atoms with E-state index in [1.165, 1.54) is 6.07 Å². The molecule has 2 rings (SSSR count). The van der Waals surface area contributed by atoms with Gasteiger partial charge in [-0.05, 0) is 24.3 Å². The standard InChI is InChI=1S/C15H15NO3/c1-16(2)11-6-5-7-12(10-11)19-14-9-4-3-8-13(14)15(17)18/h3-10H,1-2H3,(H,17,18). The summed E-state index contributed by atoms with van der Waals surface area (Å²) in [5.41, 5.74) is 1.14. The van der Waals surface area contributed by atoms with E-state index in [-0.39, 0.29) is 5.56 Å². The lowest BCUT2D eigenvalue weighted by atomic mass is 10.2. The molecule has 0 saturated heterocycles. The van der Waals surface area contributed by atoms with Gasteiger partial charge in [0.05, 0.1) is 0 Å². The Morgan fingerprint density at radius 2 is 1.84 bits per heavy atom. The fourth-order valence-electron chi connectivity index (χ4n) is 1.68. The zero-order valence-corrected chi connectivity index (χ0v) is 10.8. The highest BCUT2D eigenvalue weighted by Gasteiger charge is 2.11. The van der Waals surface area contributed by atoms with Gasteiger partial charge >= 0.3 is 5.97 Å². The zero-order chi connectivity index (χ0) is 13.8. The first-order valence-corrected chi connectivity index (χ1v) is 5.85. The lowest BCUT2D eigenvalue weighted by Crippen LogP contribution is -2.08. The average molecular weight is 257 g/mol. The van der Waals surface area contributed by atoms with E-state index in [0.29, 0.717) is 11.5 Å². The third-order valence-electron chi connectivity index (χ3n) is 2.68. The number of carboxylic acid groups (broad SMARTS) is 1. The summed E-state index contributed by atoms with van der Waals surface area (Å²) in [7, 11) is 3.87. The van der Waals surface area contributed by atoms with Gasteiger partial charge in [-0.2, -0.15) is 0 Å². The third-order valence-corrected chi connectivity index (χ3v) is 2.68. The Bertz CT molecular complexity index is 593. The number of carbonyl (C=O) groups is 1. The van der Waals surface area contributed by atoms with Crippen LogP contribution in [0.4, 0.5) is 5.69 Å². The number of carboxylic acids is 1. The minimum atomic E-state index is -1.00. The molecule has 19 heavy (non-hydrogen) atoms. The molecular formula is C15H15NO3. The highest BCUT2D eigenvalue weighted by Crippen LogP contribution is 2.27. The summed E-state index contributed by atoms with van der Waals surface area (Å²) in [5, 5.41) is 9.10. The van der Waals surface area contributed by atoms with Gasteiger partial charge in [-0.15, -0.1) is 0 Å². The first-order valence-electron chi connectivity index (χ1n) is 5.85. The molecule has 1 N–H and O–H groups in total.